The minimum absolute atomic E-state index is 0.0302. The molecule has 2 aromatic rings. The summed E-state index contributed by atoms with van der Waals surface area (Å²) in [7, 11) is 0. The SMILES string of the molecule is O=C(c1n[nH]c2c1CCC2)N1CCC[C@@H](c2ncon2)C1. The fourth-order valence-corrected chi connectivity index (χ4v) is 3.38. The number of carbonyl (C=O) groups excluding carboxylic acids is 1. The molecule has 2 aliphatic rings. The maximum absolute atomic E-state index is 12.7. The molecule has 1 amide bonds. The first-order valence-electron chi connectivity index (χ1n) is 7.44. The van der Waals surface area contributed by atoms with E-state index in [2.05, 4.69) is 20.3 Å². The number of nitrogens with one attached hydrogen (secondary N) is 1. The maximum Gasteiger partial charge on any atom is 0.274 e. The van der Waals surface area contributed by atoms with Crippen LogP contribution < -0.4 is 0 Å². The molecule has 0 aromatic carbocycles. The molecule has 1 fully saturated rings. The lowest BCUT2D eigenvalue weighted by molar-refractivity contribution is 0.0696. The van der Waals surface area contributed by atoms with E-state index in [-0.39, 0.29) is 11.8 Å². The third kappa shape index (κ3) is 2.12. The van der Waals surface area contributed by atoms with E-state index >= 15 is 0 Å². The van der Waals surface area contributed by atoms with Gasteiger partial charge in [0.25, 0.3) is 5.91 Å². The van der Waals surface area contributed by atoms with Crippen LogP contribution in [0.25, 0.3) is 0 Å². The van der Waals surface area contributed by atoms with Crippen molar-refractivity contribution in [1.29, 1.82) is 0 Å². The summed E-state index contributed by atoms with van der Waals surface area (Å²) in [6.07, 6.45) is 6.35. The molecular formula is C14H17N5O2. The molecule has 21 heavy (non-hydrogen) atoms. The van der Waals surface area contributed by atoms with Crippen molar-refractivity contribution in [1.82, 2.24) is 25.2 Å². The molecule has 0 unspecified atom stereocenters. The van der Waals surface area contributed by atoms with Crippen molar-refractivity contribution in [3.63, 3.8) is 0 Å². The number of hydrogen-bond acceptors (Lipinski definition) is 5. The van der Waals surface area contributed by atoms with Gasteiger partial charge in [0.15, 0.2) is 11.5 Å². The summed E-state index contributed by atoms with van der Waals surface area (Å²) in [5.74, 6) is 0.885. The second-order valence-electron chi connectivity index (χ2n) is 5.76. The lowest BCUT2D eigenvalue weighted by Crippen LogP contribution is -2.39. The molecule has 4 rings (SSSR count). The predicted molar refractivity (Wildman–Crippen MR) is 72.8 cm³/mol. The van der Waals surface area contributed by atoms with Crippen molar-refractivity contribution in [2.45, 2.75) is 38.0 Å². The first-order valence-corrected chi connectivity index (χ1v) is 7.44. The average molecular weight is 287 g/mol. The number of carbonyl (C=O) groups is 1. The molecule has 110 valence electrons. The number of hydrogen-bond donors (Lipinski definition) is 1. The number of rotatable bonds is 2. The molecule has 7 nitrogen and oxygen atoms in total. The number of H-pyrrole nitrogens is 1. The normalized spacial score (nSPS) is 21.5. The highest BCUT2D eigenvalue weighted by atomic mass is 16.5. The third-order valence-electron chi connectivity index (χ3n) is 4.46. The first kappa shape index (κ1) is 12.6. The molecule has 1 aliphatic carbocycles. The van der Waals surface area contributed by atoms with E-state index in [0.717, 1.165) is 49.9 Å². The van der Waals surface area contributed by atoms with Gasteiger partial charge in [-0.05, 0) is 32.1 Å². The van der Waals surface area contributed by atoms with Gasteiger partial charge in [-0.25, -0.2) is 0 Å². The second-order valence-corrected chi connectivity index (χ2v) is 5.76. The molecule has 1 N–H and O–H groups in total. The van der Waals surface area contributed by atoms with Crippen molar-refractivity contribution in [2.24, 2.45) is 0 Å². The summed E-state index contributed by atoms with van der Waals surface area (Å²) in [5, 5.41) is 11.2. The number of aryl methyl sites for hydroxylation is 1. The van der Waals surface area contributed by atoms with E-state index in [1.54, 1.807) is 0 Å². The Morgan fingerprint density at radius 3 is 3.19 bits per heavy atom. The number of nitrogens with zero attached hydrogens (tertiary/aromatic N) is 4. The Labute approximate surface area is 121 Å². The molecule has 1 saturated heterocycles. The van der Waals surface area contributed by atoms with E-state index in [0.29, 0.717) is 18.1 Å². The van der Waals surface area contributed by atoms with Crippen LogP contribution in [0, 0.1) is 0 Å². The summed E-state index contributed by atoms with van der Waals surface area (Å²) in [6.45, 7) is 1.41. The Kier molecular flexibility index (Phi) is 2.98. The van der Waals surface area contributed by atoms with E-state index in [9.17, 15) is 4.79 Å². The van der Waals surface area contributed by atoms with Gasteiger partial charge in [0, 0.05) is 30.3 Å². The van der Waals surface area contributed by atoms with Gasteiger partial charge >= 0.3 is 0 Å². The molecule has 7 heteroatoms. The Morgan fingerprint density at radius 1 is 1.38 bits per heavy atom. The van der Waals surface area contributed by atoms with Crippen LogP contribution in [0.1, 0.15) is 52.8 Å². The van der Waals surface area contributed by atoms with E-state index in [1.165, 1.54) is 6.39 Å². The fourth-order valence-electron chi connectivity index (χ4n) is 3.38. The summed E-state index contributed by atoms with van der Waals surface area (Å²) in [6, 6.07) is 0. The quantitative estimate of drug-likeness (QED) is 0.899. The minimum Gasteiger partial charge on any atom is -0.343 e. The second kappa shape index (κ2) is 4.98. The number of aromatic nitrogens is 4. The fraction of sp³-hybridized carbons (Fsp3) is 0.571. The van der Waals surface area contributed by atoms with Crippen molar-refractivity contribution >= 4 is 5.91 Å². The van der Waals surface area contributed by atoms with Crippen LogP contribution in [-0.2, 0) is 12.8 Å². The summed E-state index contributed by atoms with van der Waals surface area (Å²) < 4.78 is 4.81. The smallest absolute Gasteiger partial charge is 0.274 e. The molecule has 0 bridgehead atoms. The van der Waals surface area contributed by atoms with Gasteiger partial charge in [0.05, 0.1) is 0 Å². The van der Waals surface area contributed by atoms with Crippen LogP contribution in [0.15, 0.2) is 10.9 Å². The Morgan fingerprint density at radius 2 is 2.33 bits per heavy atom. The van der Waals surface area contributed by atoms with Gasteiger partial charge in [0.2, 0.25) is 6.39 Å². The summed E-state index contributed by atoms with van der Waals surface area (Å²) in [4.78, 5) is 18.7. The molecule has 0 saturated carbocycles. The number of amides is 1. The molecule has 3 heterocycles. The lowest BCUT2D eigenvalue weighted by atomic mass is 9.97. The first-order chi connectivity index (χ1) is 10.3. The zero-order chi connectivity index (χ0) is 14.2. The Balaban J connectivity index is 1.54. The van der Waals surface area contributed by atoms with Crippen molar-refractivity contribution < 1.29 is 9.32 Å². The van der Waals surface area contributed by atoms with Crippen LogP contribution in [0.4, 0.5) is 0 Å². The highest BCUT2D eigenvalue weighted by Gasteiger charge is 2.31. The largest absolute Gasteiger partial charge is 0.343 e. The topological polar surface area (TPSA) is 87.9 Å². The lowest BCUT2D eigenvalue weighted by Gasteiger charge is -2.30. The van der Waals surface area contributed by atoms with E-state index < -0.39 is 0 Å². The summed E-state index contributed by atoms with van der Waals surface area (Å²) >= 11 is 0. The van der Waals surface area contributed by atoms with Gasteiger partial charge in [-0.2, -0.15) is 10.1 Å². The van der Waals surface area contributed by atoms with Crippen LogP contribution in [-0.4, -0.2) is 44.2 Å². The third-order valence-corrected chi connectivity index (χ3v) is 4.46. The molecule has 1 atom stereocenters. The van der Waals surface area contributed by atoms with Crippen LogP contribution >= 0.6 is 0 Å². The average Bonchev–Trinajstić information content (AvgIpc) is 3.23. The number of piperidine rings is 1. The molecule has 0 spiro atoms. The van der Waals surface area contributed by atoms with Gasteiger partial charge in [-0.3, -0.25) is 9.89 Å². The van der Waals surface area contributed by atoms with Crippen LogP contribution in [0.3, 0.4) is 0 Å². The van der Waals surface area contributed by atoms with E-state index in [4.69, 9.17) is 4.52 Å². The van der Waals surface area contributed by atoms with Crippen LogP contribution in [0.5, 0.6) is 0 Å². The molecular weight excluding hydrogens is 270 g/mol. The highest BCUT2D eigenvalue weighted by Crippen LogP contribution is 2.28. The van der Waals surface area contributed by atoms with Crippen molar-refractivity contribution in [3.05, 3.63) is 29.2 Å². The Hall–Kier alpha value is -2.18. The minimum atomic E-state index is 0.0302. The zero-order valence-corrected chi connectivity index (χ0v) is 11.7. The van der Waals surface area contributed by atoms with Crippen molar-refractivity contribution in [3.8, 4) is 0 Å². The summed E-state index contributed by atoms with van der Waals surface area (Å²) in [5.41, 5.74) is 2.85. The molecule has 0 radical (unpaired) electrons. The molecule has 1 aliphatic heterocycles. The number of likely N-dealkylation sites (tertiary alicyclic amines) is 1. The number of aromatic amines is 1. The number of fused-ring (bicyclic) bond motifs is 1. The standard InChI is InChI=1S/C14H17N5O2/c20-14(12-10-4-1-5-11(10)16-17-12)19-6-2-3-9(7-19)13-15-8-21-18-13/h8-9H,1-7H2,(H,16,17)/t9-/m1/s1. The van der Waals surface area contributed by atoms with Gasteiger partial charge in [-0.15, -0.1) is 0 Å². The van der Waals surface area contributed by atoms with Crippen LogP contribution in [0.2, 0.25) is 0 Å². The maximum atomic E-state index is 12.7. The van der Waals surface area contributed by atoms with E-state index in [1.807, 2.05) is 4.90 Å². The zero-order valence-electron chi connectivity index (χ0n) is 11.7. The predicted octanol–water partition coefficient (Wildman–Crippen LogP) is 1.30. The van der Waals surface area contributed by atoms with Gasteiger partial charge < -0.3 is 9.42 Å². The van der Waals surface area contributed by atoms with Crippen molar-refractivity contribution in [2.75, 3.05) is 13.1 Å². The monoisotopic (exact) mass is 287 g/mol. The molecule has 2 aromatic heterocycles. The van der Waals surface area contributed by atoms with Gasteiger partial charge in [-0.1, -0.05) is 5.16 Å². The highest BCUT2D eigenvalue weighted by molar-refractivity contribution is 5.94. The Bertz CT molecular complexity index is 648. The van der Waals surface area contributed by atoms with Gasteiger partial charge in [0.1, 0.15) is 0 Å².